The van der Waals surface area contributed by atoms with Gasteiger partial charge in [0, 0.05) is 37.9 Å². The Balaban J connectivity index is 1.72. The zero-order valence-electron chi connectivity index (χ0n) is 16.2. The average molecular weight is 406 g/mol. The molecule has 0 aliphatic carbocycles. The second kappa shape index (κ2) is 8.29. The van der Waals surface area contributed by atoms with Crippen molar-refractivity contribution in [2.75, 3.05) is 26.1 Å². The summed E-state index contributed by atoms with van der Waals surface area (Å²) in [6, 6.07) is 8.01. The van der Waals surface area contributed by atoms with Crippen molar-refractivity contribution in [3.05, 3.63) is 51.7 Å². The highest BCUT2D eigenvalue weighted by Crippen LogP contribution is 2.29. The van der Waals surface area contributed by atoms with E-state index in [-0.39, 0.29) is 6.04 Å². The van der Waals surface area contributed by atoms with Crippen LogP contribution in [-0.4, -0.2) is 36.0 Å². The van der Waals surface area contributed by atoms with Crippen molar-refractivity contribution in [1.29, 1.82) is 0 Å². The fourth-order valence-electron chi connectivity index (χ4n) is 2.81. The normalized spacial score (nSPS) is 12.2. The van der Waals surface area contributed by atoms with Crippen LogP contribution >= 0.6 is 22.9 Å². The average Bonchev–Trinajstić information content (AvgIpc) is 3.23. The fraction of sp³-hybridized carbons (Fsp3) is 0.368. The molecule has 0 amide bonds. The molecule has 2 aromatic heterocycles. The van der Waals surface area contributed by atoms with Gasteiger partial charge in [-0.05, 0) is 38.1 Å². The second-order valence-electron chi connectivity index (χ2n) is 6.50. The monoisotopic (exact) mass is 405 g/mol. The van der Waals surface area contributed by atoms with Gasteiger partial charge >= 0.3 is 0 Å². The smallest absolute Gasteiger partial charge is 0.186 e. The molecule has 8 heteroatoms. The number of nitrogens with zero attached hydrogens (tertiary/aromatic N) is 4. The molecule has 0 saturated carbocycles. The number of methoxy groups -OCH3 is 1. The van der Waals surface area contributed by atoms with Gasteiger partial charge in [0.25, 0.3) is 0 Å². The summed E-state index contributed by atoms with van der Waals surface area (Å²) in [6.45, 7) is 4.87. The van der Waals surface area contributed by atoms with Gasteiger partial charge in [-0.1, -0.05) is 22.9 Å². The van der Waals surface area contributed by atoms with E-state index < -0.39 is 0 Å². The lowest BCUT2D eigenvalue weighted by Crippen LogP contribution is -2.18. The van der Waals surface area contributed by atoms with Crippen LogP contribution in [0.15, 0.2) is 30.5 Å². The van der Waals surface area contributed by atoms with E-state index in [0.29, 0.717) is 11.7 Å². The van der Waals surface area contributed by atoms with Gasteiger partial charge in [-0.2, -0.15) is 5.10 Å². The van der Waals surface area contributed by atoms with Crippen molar-refractivity contribution in [3.63, 3.8) is 0 Å². The van der Waals surface area contributed by atoms with Crippen LogP contribution in [0.5, 0.6) is 5.75 Å². The van der Waals surface area contributed by atoms with Crippen LogP contribution in [0.2, 0.25) is 5.15 Å². The lowest BCUT2D eigenvalue weighted by Gasteiger charge is -2.14. The second-order valence-corrected chi connectivity index (χ2v) is 7.92. The van der Waals surface area contributed by atoms with Crippen molar-refractivity contribution < 1.29 is 4.74 Å². The minimum atomic E-state index is 0.137. The zero-order valence-corrected chi connectivity index (χ0v) is 17.7. The minimum absolute atomic E-state index is 0.137. The molecule has 27 heavy (non-hydrogen) atoms. The maximum absolute atomic E-state index is 6.26. The summed E-state index contributed by atoms with van der Waals surface area (Å²) in [7, 11) is 5.59. The van der Waals surface area contributed by atoms with Gasteiger partial charge in [0.1, 0.15) is 10.9 Å². The summed E-state index contributed by atoms with van der Waals surface area (Å²) < 4.78 is 7.16. The molecule has 0 saturated heterocycles. The Morgan fingerprint density at radius 3 is 2.59 bits per heavy atom. The van der Waals surface area contributed by atoms with Crippen LogP contribution in [-0.2, 0) is 6.54 Å². The van der Waals surface area contributed by atoms with Gasteiger partial charge < -0.3 is 15.0 Å². The van der Waals surface area contributed by atoms with E-state index >= 15 is 0 Å². The van der Waals surface area contributed by atoms with Crippen molar-refractivity contribution in [2.45, 2.75) is 26.4 Å². The Labute approximate surface area is 168 Å². The number of aromatic nitrogens is 3. The molecule has 0 aliphatic rings. The van der Waals surface area contributed by atoms with Gasteiger partial charge in [0.05, 0.1) is 23.9 Å². The van der Waals surface area contributed by atoms with Crippen molar-refractivity contribution in [3.8, 4) is 11.4 Å². The zero-order chi connectivity index (χ0) is 19.6. The molecule has 0 bridgehead atoms. The van der Waals surface area contributed by atoms with E-state index in [4.69, 9.17) is 16.3 Å². The summed E-state index contributed by atoms with van der Waals surface area (Å²) >= 11 is 7.87. The maximum atomic E-state index is 6.26. The molecule has 6 nitrogen and oxygen atoms in total. The largest absolute Gasteiger partial charge is 0.497 e. The van der Waals surface area contributed by atoms with Crippen LogP contribution in [0.4, 0.5) is 5.13 Å². The number of halogens is 1. The first kappa shape index (κ1) is 19.7. The molecule has 1 atom stereocenters. The van der Waals surface area contributed by atoms with E-state index in [9.17, 15) is 0 Å². The summed E-state index contributed by atoms with van der Waals surface area (Å²) in [4.78, 5) is 7.38. The minimum Gasteiger partial charge on any atom is -0.497 e. The molecule has 2 heterocycles. The molecule has 0 fully saturated rings. The number of hydrogen-bond donors (Lipinski definition) is 1. The number of hydrogen-bond acceptors (Lipinski definition) is 6. The first-order valence-electron chi connectivity index (χ1n) is 8.65. The van der Waals surface area contributed by atoms with Crippen molar-refractivity contribution >= 4 is 28.1 Å². The number of nitrogens with one attached hydrogen (secondary N) is 1. The molecular formula is C19H24ClN5OS. The molecule has 0 spiro atoms. The number of ether oxygens (including phenoxy) is 1. The molecular weight excluding hydrogens is 382 g/mol. The summed E-state index contributed by atoms with van der Waals surface area (Å²) in [6.07, 6.45) is 1.91. The molecule has 144 valence electrons. The molecule has 0 unspecified atom stereocenters. The highest BCUT2D eigenvalue weighted by molar-refractivity contribution is 7.16. The highest BCUT2D eigenvalue weighted by Gasteiger charge is 2.16. The van der Waals surface area contributed by atoms with E-state index in [1.54, 1.807) is 18.4 Å². The van der Waals surface area contributed by atoms with Gasteiger partial charge in [-0.3, -0.25) is 0 Å². The fourth-order valence-corrected chi connectivity index (χ4v) is 3.95. The molecule has 0 aliphatic heterocycles. The molecule has 3 rings (SSSR count). The van der Waals surface area contributed by atoms with Crippen LogP contribution in [0.3, 0.4) is 0 Å². The topological polar surface area (TPSA) is 55.2 Å². The molecule has 1 aromatic carbocycles. The Kier molecular flexibility index (Phi) is 6.04. The van der Waals surface area contributed by atoms with E-state index in [2.05, 4.69) is 29.2 Å². The van der Waals surface area contributed by atoms with E-state index in [1.165, 1.54) is 0 Å². The Morgan fingerprint density at radius 1 is 1.30 bits per heavy atom. The quantitative estimate of drug-likeness (QED) is 0.637. The third-order valence-corrected chi connectivity index (χ3v) is 6.07. The predicted molar refractivity (Wildman–Crippen MR) is 112 cm³/mol. The number of thiazole rings is 1. The first-order chi connectivity index (χ1) is 12.9. The molecule has 0 radical (unpaired) electrons. The maximum Gasteiger partial charge on any atom is 0.186 e. The van der Waals surface area contributed by atoms with Crippen molar-refractivity contribution in [2.24, 2.45) is 0 Å². The molecule has 3 aromatic rings. The lowest BCUT2D eigenvalue weighted by atomic mass is 10.1. The van der Waals surface area contributed by atoms with Crippen LogP contribution < -0.4 is 15.0 Å². The lowest BCUT2D eigenvalue weighted by molar-refractivity contribution is 0.414. The standard InChI is InChI=1S/C19H24ClN5OS/c1-12(21-11-17-18(20)23-19(27-17)24(3)4)16-10-22-25(13(16)2)14-6-8-15(26-5)9-7-14/h6-10,12,21H,11H2,1-5H3/t12-/m0/s1. The highest BCUT2D eigenvalue weighted by atomic mass is 35.5. The van der Waals surface area contributed by atoms with E-state index in [0.717, 1.165) is 32.7 Å². The summed E-state index contributed by atoms with van der Waals surface area (Å²) in [5.41, 5.74) is 3.26. The van der Waals surface area contributed by atoms with Gasteiger partial charge in [-0.25, -0.2) is 9.67 Å². The Bertz CT molecular complexity index is 903. The molecule has 1 N–H and O–H groups in total. The number of benzene rings is 1. The number of rotatable bonds is 7. The third-order valence-electron chi connectivity index (χ3n) is 4.42. The van der Waals surface area contributed by atoms with E-state index in [1.807, 2.05) is 54.1 Å². The van der Waals surface area contributed by atoms with Gasteiger partial charge in [0.15, 0.2) is 5.13 Å². The SMILES string of the molecule is COc1ccc(-n2ncc([C@H](C)NCc3sc(N(C)C)nc3Cl)c2C)cc1. The first-order valence-corrected chi connectivity index (χ1v) is 9.85. The summed E-state index contributed by atoms with van der Waals surface area (Å²) in [5, 5.41) is 9.56. The third kappa shape index (κ3) is 4.26. The van der Waals surface area contributed by atoms with Crippen molar-refractivity contribution in [1.82, 2.24) is 20.1 Å². The van der Waals surface area contributed by atoms with Crippen LogP contribution in [0.1, 0.15) is 29.1 Å². The van der Waals surface area contributed by atoms with Gasteiger partial charge in [0.2, 0.25) is 0 Å². The van der Waals surface area contributed by atoms with Crippen LogP contribution in [0.25, 0.3) is 5.69 Å². The summed E-state index contributed by atoms with van der Waals surface area (Å²) in [5.74, 6) is 0.831. The Morgan fingerprint density at radius 2 is 2.00 bits per heavy atom. The van der Waals surface area contributed by atoms with Gasteiger partial charge in [-0.15, -0.1) is 0 Å². The number of anilines is 1. The predicted octanol–water partition coefficient (Wildman–Crippen LogP) is 4.22. The Hall–Kier alpha value is -2.09. The van der Waals surface area contributed by atoms with Crippen LogP contribution in [0, 0.1) is 6.92 Å².